The maximum Gasteiger partial charge on any atom is 0.433 e. The van der Waals surface area contributed by atoms with E-state index in [1.807, 2.05) is 0 Å². The zero-order valence-electron chi connectivity index (χ0n) is 11.8. The first-order valence-corrected chi connectivity index (χ1v) is 6.46. The van der Waals surface area contributed by atoms with E-state index in [1.165, 1.54) is 13.1 Å². The van der Waals surface area contributed by atoms with Crippen LogP contribution in [0, 0.1) is 0 Å². The smallest absolute Gasteiger partial charge is 0.387 e. The summed E-state index contributed by atoms with van der Waals surface area (Å²) >= 11 is 0. The number of aliphatic hydroxyl groups is 1. The highest BCUT2D eigenvalue weighted by atomic mass is 19.4. The summed E-state index contributed by atoms with van der Waals surface area (Å²) in [5, 5.41) is 12.4. The Morgan fingerprint density at radius 2 is 1.78 bits per heavy atom. The van der Waals surface area contributed by atoms with E-state index in [1.54, 1.807) is 0 Å². The number of hydrogen-bond donors (Lipinski definition) is 2. The molecule has 2 aromatic rings. The molecule has 1 atom stereocenters. The van der Waals surface area contributed by atoms with Gasteiger partial charge in [0.15, 0.2) is 0 Å². The molecule has 1 aromatic carbocycles. The lowest BCUT2D eigenvalue weighted by atomic mass is 9.99. The molecule has 2 N–H and O–H groups in total. The summed E-state index contributed by atoms with van der Waals surface area (Å²) in [6, 6.07) is 3.50. The zero-order valence-corrected chi connectivity index (χ0v) is 11.8. The maximum atomic E-state index is 13.0. The molecule has 9 heteroatoms. The second kappa shape index (κ2) is 5.97. The van der Waals surface area contributed by atoms with Crippen LogP contribution in [-0.4, -0.2) is 23.7 Å². The van der Waals surface area contributed by atoms with Crippen LogP contribution >= 0.6 is 0 Å². The predicted octanol–water partition coefficient (Wildman–Crippen LogP) is 3.53. The first-order chi connectivity index (χ1) is 10.6. The van der Waals surface area contributed by atoms with Gasteiger partial charge in [0.1, 0.15) is 5.69 Å². The monoisotopic (exact) mass is 338 g/mol. The van der Waals surface area contributed by atoms with Crippen LogP contribution in [0.4, 0.5) is 26.3 Å². The van der Waals surface area contributed by atoms with Gasteiger partial charge in [0.25, 0.3) is 0 Å². The lowest BCUT2D eigenvalue weighted by molar-refractivity contribution is -0.142. The Labute approximate surface area is 126 Å². The molecule has 0 aliphatic rings. The van der Waals surface area contributed by atoms with Crippen LogP contribution in [0.3, 0.4) is 0 Å². The van der Waals surface area contributed by atoms with Gasteiger partial charge in [-0.1, -0.05) is 12.1 Å². The van der Waals surface area contributed by atoms with E-state index in [-0.39, 0.29) is 17.5 Å². The number of para-hydroxylation sites is 1. The SMILES string of the molecule is CNCC(O)c1cc(C(F)(F)F)nc2c(C(F)(F)F)cccc12. The van der Waals surface area contributed by atoms with Gasteiger partial charge in [0.05, 0.1) is 17.2 Å². The summed E-state index contributed by atoms with van der Waals surface area (Å²) < 4.78 is 77.9. The molecule has 3 nitrogen and oxygen atoms in total. The number of halogens is 6. The zero-order chi connectivity index (χ0) is 17.4. The number of pyridine rings is 1. The highest BCUT2D eigenvalue weighted by molar-refractivity contribution is 5.86. The van der Waals surface area contributed by atoms with Crippen molar-refractivity contribution in [2.45, 2.75) is 18.5 Å². The second-order valence-electron chi connectivity index (χ2n) is 4.87. The van der Waals surface area contributed by atoms with Crippen molar-refractivity contribution in [3.05, 3.63) is 41.1 Å². The molecule has 0 radical (unpaired) electrons. The lowest BCUT2D eigenvalue weighted by Crippen LogP contribution is -2.19. The van der Waals surface area contributed by atoms with Crippen LogP contribution < -0.4 is 5.32 Å². The van der Waals surface area contributed by atoms with Gasteiger partial charge in [-0.05, 0) is 24.7 Å². The number of aliphatic hydroxyl groups excluding tert-OH is 1. The number of aromatic nitrogens is 1. The molecule has 1 unspecified atom stereocenters. The maximum absolute atomic E-state index is 13.0. The minimum atomic E-state index is -4.93. The van der Waals surface area contributed by atoms with Crippen molar-refractivity contribution in [2.24, 2.45) is 0 Å². The number of fused-ring (bicyclic) bond motifs is 1. The predicted molar refractivity (Wildman–Crippen MR) is 70.6 cm³/mol. The average molecular weight is 338 g/mol. The molecule has 0 fully saturated rings. The highest BCUT2D eigenvalue weighted by Crippen LogP contribution is 2.38. The first-order valence-electron chi connectivity index (χ1n) is 6.46. The number of nitrogens with zero attached hydrogens (tertiary/aromatic N) is 1. The number of hydrogen-bond acceptors (Lipinski definition) is 3. The second-order valence-corrected chi connectivity index (χ2v) is 4.87. The standard InChI is InChI=1S/C14H12F6N2O/c1-21-6-10(23)8-5-11(14(18,19)20)22-12-7(8)3-2-4-9(12)13(15,16)17/h2-5,10,21,23H,6H2,1H3. The van der Waals surface area contributed by atoms with E-state index in [0.717, 1.165) is 6.07 Å². The summed E-state index contributed by atoms with van der Waals surface area (Å²) in [7, 11) is 1.46. The van der Waals surface area contributed by atoms with E-state index in [0.29, 0.717) is 12.1 Å². The van der Waals surface area contributed by atoms with Crippen LogP contribution in [0.1, 0.15) is 22.9 Å². The number of nitrogens with one attached hydrogen (secondary N) is 1. The molecular formula is C14H12F6N2O. The Balaban J connectivity index is 2.84. The summed E-state index contributed by atoms with van der Waals surface area (Å²) in [5.41, 5.74) is -3.85. The molecule has 126 valence electrons. The van der Waals surface area contributed by atoms with Gasteiger partial charge in [-0.25, -0.2) is 4.98 Å². The van der Waals surface area contributed by atoms with E-state index in [9.17, 15) is 31.4 Å². The molecule has 0 bridgehead atoms. The van der Waals surface area contributed by atoms with Crippen molar-refractivity contribution in [3.8, 4) is 0 Å². The molecular weight excluding hydrogens is 326 g/mol. The van der Waals surface area contributed by atoms with E-state index in [2.05, 4.69) is 10.3 Å². The van der Waals surface area contributed by atoms with Crippen molar-refractivity contribution < 1.29 is 31.4 Å². The lowest BCUT2D eigenvalue weighted by Gasteiger charge is -2.18. The molecule has 1 heterocycles. The summed E-state index contributed by atoms with van der Waals surface area (Å²) in [5.74, 6) is 0. The highest BCUT2D eigenvalue weighted by Gasteiger charge is 2.37. The van der Waals surface area contributed by atoms with Crippen LogP contribution in [0.15, 0.2) is 24.3 Å². The van der Waals surface area contributed by atoms with E-state index < -0.39 is 35.2 Å². The summed E-state index contributed by atoms with van der Waals surface area (Å²) in [6.07, 6.45) is -11.2. The molecule has 0 amide bonds. The van der Waals surface area contributed by atoms with Crippen molar-refractivity contribution in [2.75, 3.05) is 13.6 Å². The first kappa shape index (κ1) is 17.5. The Kier molecular flexibility index (Phi) is 4.54. The number of likely N-dealkylation sites (N-methyl/N-ethyl adjacent to an activating group) is 1. The van der Waals surface area contributed by atoms with Gasteiger partial charge in [0, 0.05) is 11.9 Å². The number of benzene rings is 1. The van der Waals surface area contributed by atoms with Crippen molar-refractivity contribution in [1.29, 1.82) is 0 Å². The molecule has 23 heavy (non-hydrogen) atoms. The van der Waals surface area contributed by atoms with Crippen LogP contribution in [0.25, 0.3) is 10.9 Å². The molecule has 0 saturated carbocycles. The molecule has 0 spiro atoms. The Bertz CT molecular complexity index is 711. The topological polar surface area (TPSA) is 45.1 Å². The Morgan fingerprint density at radius 3 is 2.30 bits per heavy atom. The van der Waals surface area contributed by atoms with Crippen molar-refractivity contribution in [1.82, 2.24) is 10.3 Å². The van der Waals surface area contributed by atoms with Gasteiger partial charge in [-0.2, -0.15) is 26.3 Å². The third kappa shape index (κ3) is 3.56. The number of rotatable bonds is 3. The largest absolute Gasteiger partial charge is 0.433 e. The third-order valence-corrected chi connectivity index (χ3v) is 3.22. The number of alkyl halides is 6. The van der Waals surface area contributed by atoms with Crippen LogP contribution in [0.5, 0.6) is 0 Å². The molecule has 2 rings (SSSR count). The van der Waals surface area contributed by atoms with Gasteiger partial charge < -0.3 is 10.4 Å². The summed E-state index contributed by atoms with van der Waals surface area (Å²) in [6.45, 7) is -0.118. The molecule has 0 aliphatic heterocycles. The molecule has 0 saturated heterocycles. The van der Waals surface area contributed by atoms with Crippen LogP contribution in [0.2, 0.25) is 0 Å². The summed E-state index contributed by atoms with van der Waals surface area (Å²) in [4.78, 5) is 3.14. The average Bonchev–Trinajstić information content (AvgIpc) is 2.43. The normalized spacial score (nSPS) is 14.3. The van der Waals surface area contributed by atoms with E-state index in [4.69, 9.17) is 0 Å². The third-order valence-electron chi connectivity index (χ3n) is 3.22. The fourth-order valence-corrected chi connectivity index (χ4v) is 2.23. The van der Waals surface area contributed by atoms with Gasteiger partial charge in [-0.3, -0.25) is 0 Å². The fraction of sp³-hybridized carbons (Fsp3) is 0.357. The fourth-order valence-electron chi connectivity index (χ4n) is 2.23. The Hall–Kier alpha value is -1.87. The minimum absolute atomic E-state index is 0.118. The van der Waals surface area contributed by atoms with Gasteiger partial charge in [0.2, 0.25) is 0 Å². The minimum Gasteiger partial charge on any atom is -0.387 e. The molecule has 1 aromatic heterocycles. The van der Waals surface area contributed by atoms with E-state index >= 15 is 0 Å². The van der Waals surface area contributed by atoms with Gasteiger partial charge >= 0.3 is 12.4 Å². The van der Waals surface area contributed by atoms with Crippen molar-refractivity contribution in [3.63, 3.8) is 0 Å². The van der Waals surface area contributed by atoms with Crippen LogP contribution in [-0.2, 0) is 12.4 Å². The molecule has 0 aliphatic carbocycles. The van der Waals surface area contributed by atoms with Gasteiger partial charge in [-0.15, -0.1) is 0 Å². The quantitative estimate of drug-likeness (QED) is 0.842. The Morgan fingerprint density at radius 1 is 1.13 bits per heavy atom. The van der Waals surface area contributed by atoms with Crippen molar-refractivity contribution >= 4 is 10.9 Å².